The maximum Gasteiger partial charge on any atom is 0.264 e. The zero-order valence-corrected chi connectivity index (χ0v) is 13.5. The quantitative estimate of drug-likeness (QED) is 0.845. The van der Waals surface area contributed by atoms with Gasteiger partial charge >= 0.3 is 0 Å². The lowest BCUT2D eigenvalue weighted by molar-refractivity contribution is 0.414. The fourth-order valence-corrected chi connectivity index (χ4v) is 3.62. The second kappa shape index (κ2) is 5.85. The van der Waals surface area contributed by atoms with Crippen LogP contribution in [0.2, 0.25) is 0 Å². The Morgan fingerprint density at radius 2 is 1.65 bits per heavy atom. The van der Waals surface area contributed by atoms with Crippen LogP contribution in [0.25, 0.3) is 0 Å². The molecular weight excluding hydrogens is 342 g/mol. The van der Waals surface area contributed by atoms with E-state index in [-0.39, 0.29) is 4.90 Å². The number of sulfonamides is 1. The van der Waals surface area contributed by atoms with E-state index < -0.39 is 10.0 Å². The minimum atomic E-state index is -3.59. The highest BCUT2D eigenvalue weighted by molar-refractivity contribution is 9.10. The van der Waals surface area contributed by atoms with Gasteiger partial charge < -0.3 is 4.74 Å². The standard InChI is InChI=1S/C14H14BrNO3S/c1-16(14-6-4-3-5-13(14)15)20(17,18)12-9-7-11(19-2)8-10-12/h3-10H,1-2H3. The Morgan fingerprint density at radius 3 is 2.20 bits per heavy atom. The van der Waals surface area contributed by atoms with Gasteiger partial charge in [-0.25, -0.2) is 8.42 Å². The van der Waals surface area contributed by atoms with E-state index in [0.29, 0.717) is 11.4 Å². The lowest BCUT2D eigenvalue weighted by atomic mass is 10.3. The number of halogens is 1. The Labute approximate surface area is 127 Å². The monoisotopic (exact) mass is 355 g/mol. The van der Waals surface area contributed by atoms with E-state index >= 15 is 0 Å². The van der Waals surface area contributed by atoms with Gasteiger partial charge in [0.1, 0.15) is 5.75 Å². The summed E-state index contributed by atoms with van der Waals surface area (Å²) in [7, 11) is -0.526. The van der Waals surface area contributed by atoms with Crippen LogP contribution in [0.1, 0.15) is 0 Å². The summed E-state index contributed by atoms with van der Waals surface area (Å²) in [6.45, 7) is 0. The van der Waals surface area contributed by atoms with Gasteiger partial charge in [-0.1, -0.05) is 12.1 Å². The molecule has 6 heteroatoms. The van der Waals surface area contributed by atoms with Crippen LogP contribution in [-0.2, 0) is 10.0 Å². The third-order valence-electron chi connectivity index (χ3n) is 2.91. The van der Waals surface area contributed by atoms with Crippen molar-refractivity contribution in [1.29, 1.82) is 0 Å². The van der Waals surface area contributed by atoms with E-state index in [2.05, 4.69) is 15.9 Å². The molecule has 0 N–H and O–H groups in total. The normalized spacial score (nSPS) is 11.2. The summed E-state index contributed by atoms with van der Waals surface area (Å²) in [4.78, 5) is 0.219. The van der Waals surface area contributed by atoms with Gasteiger partial charge in [0.05, 0.1) is 17.7 Å². The first-order valence-corrected chi connectivity index (χ1v) is 8.07. The first-order chi connectivity index (χ1) is 9.46. The predicted molar refractivity (Wildman–Crippen MR) is 82.7 cm³/mol. The molecule has 0 aliphatic carbocycles. The van der Waals surface area contributed by atoms with Crippen molar-refractivity contribution >= 4 is 31.6 Å². The molecule has 2 aromatic carbocycles. The predicted octanol–water partition coefficient (Wildman–Crippen LogP) is 3.28. The number of nitrogens with zero attached hydrogens (tertiary/aromatic N) is 1. The molecule has 0 atom stereocenters. The molecule has 106 valence electrons. The molecule has 0 aliphatic rings. The molecule has 20 heavy (non-hydrogen) atoms. The Hall–Kier alpha value is -1.53. The second-order valence-corrected chi connectivity index (χ2v) is 6.92. The number of methoxy groups -OCH3 is 1. The van der Waals surface area contributed by atoms with Crippen molar-refractivity contribution in [2.75, 3.05) is 18.5 Å². The van der Waals surface area contributed by atoms with Crippen LogP contribution < -0.4 is 9.04 Å². The van der Waals surface area contributed by atoms with Gasteiger partial charge in [-0.15, -0.1) is 0 Å². The van der Waals surface area contributed by atoms with E-state index in [9.17, 15) is 8.42 Å². The lowest BCUT2D eigenvalue weighted by Gasteiger charge is -2.20. The third kappa shape index (κ3) is 2.81. The molecule has 0 aromatic heterocycles. The van der Waals surface area contributed by atoms with Crippen molar-refractivity contribution in [3.63, 3.8) is 0 Å². The molecule has 0 saturated carbocycles. The highest BCUT2D eigenvalue weighted by atomic mass is 79.9. The Balaban J connectivity index is 2.41. The third-order valence-corrected chi connectivity index (χ3v) is 5.37. The average molecular weight is 356 g/mol. The smallest absolute Gasteiger partial charge is 0.264 e. The number of hydrogen-bond acceptors (Lipinski definition) is 3. The van der Waals surface area contributed by atoms with Gasteiger partial charge in [-0.3, -0.25) is 4.31 Å². The highest BCUT2D eigenvalue weighted by Gasteiger charge is 2.22. The molecule has 0 spiro atoms. The van der Waals surface area contributed by atoms with Gasteiger partial charge in [0.15, 0.2) is 0 Å². The molecule has 0 radical (unpaired) electrons. The van der Waals surface area contributed by atoms with E-state index in [1.54, 1.807) is 30.3 Å². The Morgan fingerprint density at radius 1 is 1.05 bits per heavy atom. The van der Waals surface area contributed by atoms with Crippen molar-refractivity contribution in [3.8, 4) is 5.75 Å². The molecule has 0 saturated heterocycles. The zero-order chi connectivity index (χ0) is 14.8. The maximum atomic E-state index is 12.5. The molecule has 0 bridgehead atoms. The van der Waals surface area contributed by atoms with Crippen LogP contribution in [0.15, 0.2) is 57.9 Å². The summed E-state index contributed by atoms with van der Waals surface area (Å²) < 4.78 is 32.1. The first-order valence-electron chi connectivity index (χ1n) is 5.84. The van der Waals surface area contributed by atoms with Crippen LogP contribution in [-0.4, -0.2) is 22.6 Å². The minimum absolute atomic E-state index is 0.219. The number of para-hydroxylation sites is 1. The van der Waals surface area contributed by atoms with Crippen LogP contribution >= 0.6 is 15.9 Å². The summed E-state index contributed by atoms with van der Waals surface area (Å²) in [6.07, 6.45) is 0. The van der Waals surface area contributed by atoms with Crippen molar-refractivity contribution in [1.82, 2.24) is 0 Å². The van der Waals surface area contributed by atoms with E-state index in [1.165, 1.54) is 30.6 Å². The highest BCUT2D eigenvalue weighted by Crippen LogP contribution is 2.29. The summed E-state index contributed by atoms with van der Waals surface area (Å²) in [5.41, 5.74) is 0.586. The van der Waals surface area contributed by atoms with Crippen molar-refractivity contribution in [2.24, 2.45) is 0 Å². The van der Waals surface area contributed by atoms with Gasteiger partial charge in [-0.2, -0.15) is 0 Å². The van der Waals surface area contributed by atoms with Crippen LogP contribution in [0.5, 0.6) is 5.75 Å². The molecule has 0 amide bonds. The fraction of sp³-hybridized carbons (Fsp3) is 0.143. The number of anilines is 1. The first kappa shape index (κ1) is 14.9. The zero-order valence-electron chi connectivity index (χ0n) is 11.1. The fourth-order valence-electron chi connectivity index (χ4n) is 1.74. The minimum Gasteiger partial charge on any atom is -0.497 e. The second-order valence-electron chi connectivity index (χ2n) is 4.10. The van der Waals surface area contributed by atoms with E-state index in [4.69, 9.17) is 4.74 Å². The van der Waals surface area contributed by atoms with Gasteiger partial charge in [0.2, 0.25) is 0 Å². The van der Waals surface area contributed by atoms with Crippen LogP contribution in [0, 0.1) is 0 Å². The average Bonchev–Trinajstić information content (AvgIpc) is 2.47. The molecule has 0 unspecified atom stereocenters. The number of hydrogen-bond donors (Lipinski definition) is 0. The van der Waals surface area contributed by atoms with Gasteiger partial charge in [0, 0.05) is 11.5 Å². The Kier molecular flexibility index (Phi) is 4.35. The molecule has 0 heterocycles. The molecule has 0 fully saturated rings. The summed E-state index contributed by atoms with van der Waals surface area (Å²) in [5.74, 6) is 0.618. The van der Waals surface area contributed by atoms with Crippen molar-refractivity contribution in [3.05, 3.63) is 53.0 Å². The SMILES string of the molecule is COc1ccc(S(=O)(=O)N(C)c2ccccc2Br)cc1. The van der Waals surface area contributed by atoms with Crippen LogP contribution in [0.4, 0.5) is 5.69 Å². The van der Waals surface area contributed by atoms with E-state index in [0.717, 1.165) is 4.47 Å². The van der Waals surface area contributed by atoms with Crippen LogP contribution in [0.3, 0.4) is 0 Å². The van der Waals surface area contributed by atoms with Crippen molar-refractivity contribution < 1.29 is 13.2 Å². The summed E-state index contributed by atoms with van der Waals surface area (Å²) >= 11 is 3.36. The molecule has 4 nitrogen and oxygen atoms in total. The van der Waals surface area contributed by atoms with Crippen molar-refractivity contribution in [2.45, 2.75) is 4.90 Å². The number of rotatable bonds is 4. The summed E-state index contributed by atoms with van der Waals surface area (Å²) in [5, 5.41) is 0. The lowest BCUT2D eigenvalue weighted by Crippen LogP contribution is -2.26. The number of ether oxygens (including phenoxy) is 1. The largest absolute Gasteiger partial charge is 0.497 e. The Bertz CT molecular complexity index is 699. The maximum absolute atomic E-state index is 12.5. The van der Waals surface area contributed by atoms with Gasteiger partial charge in [0.25, 0.3) is 10.0 Å². The molecule has 2 rings (SSSR count). The molecule has 0 aliphatic heterocycles. The molecule has 2 aromatic rings. The number of benzene rings is 2. The van der Waals surface area contributed by atoms with Gasteiger partial charge in [-0.05, 0) is 52.3 Å². The summed E-state index contributed by atoms with van der Waals surface area (Å²) in [6, 6.07) is 13.5. The van der Waals surface area contributed by atoms with E-state index in [1.807, 2.05) is 6.07 Å². The molecular formula is C14H14BrNO3S. The topological polar surface area (TPSA) is 46.6 Å².